The Bertz CT molecular complexity index is 789. The molecule has 0 saturated carbocycles. The van der Waals surface area contributed by atoms with Crippen LogP contribution in [-0.4, -0.2) is 25.5 Å². The van der Waals surface area contributed by atoms with Crippen LogP contribution in [0.4, 0.5) is 17.6 Å². The highest BCUT2D eigenvalue weighted by Gasteiger charge is 2.31. The van der Waals surface area contributed by atoms with Gasteiger partial charge in [-0.05, 0) is 20.8 Å². The van der Waals surface area contributed by atoms with Crippen LogP contribution in [-0.2, 0) is 17.9 Å². The molecule has 0 spiro atoms. The van der Waals surface area contributed by atoms with Gasteiger partial charge in [-0.15, -0.1) is 0 Å². The van der Waals surface area contributed by atoms with Crippen molar-refractivity contribution in [3.63, 3.8) is 0 Å². The molecule has 0 aliphatic rings. The molecule has 1 amide bonds. The van der Waals surface area contributed by atoms with E-state index < -0.39 is 41.2 Å². The van der Waals surface area contributed by atoms with Crippen LogP contribution < -0.4 is 5.32 Å². The van der Waals surface area contributed by atoms with Gasteiger partial charge in [0.1, 0.15) is 17.4 Å². The van der Waals surface area contributed by atoms with Crippen molar-refractivity contribution in [2.45, 2.75) is 52.8 Å². The maximum Gasteiger partial charge on any atom is 0.283 e. The minimum atomic E-state index is -3.15. The molecule has 0 bridgehead atoms. The van der Waals surface area contributed by atoms with Crippen LogP contribution >= 0.6 is 11.6 Å². The Morgan fingerprint density at radius 3 is 2.46 bits per heavy atom. The van der Waals surface area contributed by atoms with Crippen molar-refractivity contribution in [3.05, 3.63) is 33.9 Å². The van der Waals surface area contributed by atoms with Crippen LogP contribution in [0, 0.1) is 6.92 Å². The maximum absolute atomic E-state index is 13.2. The summed E-state index contributed by atoms with van der Waals surface area (Å²) in [6.07, 6.45) is -4.68. The van der Waals surface area contributed by atoms with E-state index in [-0.39, 0.29) is 6.54 Å². The zero-order valence-electron chi connectivity index (χ0n) is 14.3. The summed E-state index contributed by atoms with van der Waals surface area (Å²) in [6, 6.07) is -1.24. The van der Waals surface area contributed by atoms with E-state index in [1.165, 1.54) is 6.92 Å². The molecule has 1 N–H and O–H groups in total. The lowest BCUT2D eigenvalue weighted by Crippen LogP contribution is -2.32. The van der Waals surface area contributed by atoms with Crippen LogP contribution in [0.2, 0.25) is 5.02 Å². The zero-order valence-corrected chi connectivity index (χ0v) is 15.1. The van der Waals surface area contributed by atoms with Gasteiger partial charge in [-0.1, -0.05) is 11.6 Å². The molecule has 2 rings (SSSR count). The van der Waals surface area contributed by atoms with Crippen LogP contribution in [0.1, 0.15) is 55.4 Å². The van der Waals surface area contributed by atoms with Gasteiger partial charge in [0, 0.05) is 24.3 Å². The van der Waals surface area contributed by atoms with E-state index in [0.29, 0.717) is 11.2 Å². The molecule has 6 nitrogen and oxygen atoms in total. The standard InChI is InChI=1S/C15H18ClF4N5O/c1-4-24-7(2)9(6-22-24)5-21-15(26)8(3)25-12(14(19)20)10(16)11(23-25)13(17)18/h6,8,13-14H,4-5H2,1-3H3,(H,21,26). The summed E-state index contributed by atoms with van der Waals surface area (Å²) >= 11 is 5.59. The van der Waals surface area contributed by atoms with E-state index in [1.54, 1.807) is 10.9 Å². The molecule has 2 aromatic heterocycles. The van der Waals surface area contributed by atoms with Gasteiger partial charge >= 0.3 is 0 Å². The molecule has 1 unspecified atom stereocenters. The second kappa shape index (κ2) is 8.07. The highest BCUT2D eigenvalue weighted by atomic mass is 35.5. The van der Waals surface area contributed by atoms with Crippen LogP contribution in [0.15, 0.2) is 6.20 Å². The first-order chi connectivity index (χ1) is 12.2. The van der Waals surface area contributed by atoms with Gasteiger partial charge in [0.25, 0.3) is 12.9 Å². The zero-order chi connectivity index (χ0) is 19.6. The van der Waals surface area contributed by atoms with Crippen LogP contribution in [0.25, 0.3) is 0 Å². The quantitative estimate of drug-likeness (QED) is 0.725. The second-order valence-electron chi connectivity index (χ2n) is 5.60. The molecule has 0 fully saturated rings. The first-order valence-electron chi connectivity index (χ1n) is 7.82. The third kappa shape index (κ3) is 3.84. The molecule has 0 aromatic carbocycles. The first kappa shape index (κ1) is 20.2. The molecule has 2 aromatic rings. The smallest absolute Gasteiger partial charge is 0.283 e. The Morgan fingerprint density at radius 2 is 1.96 bits per heavy atom. The Labute approximate surface area is 152 Å². The van der Waals surface area contributed by atoms with Crippen molar-refractivity contribution >= 4 is 17.5 Å². The number of hydrogen-bond acceptors (Lipinski definition) is 3. The second-order valence-corrected chi connectivity index (χ2v) is 5.97. The Balaban J connectivity index is 2.19. The molecule has 1 atom stereocenters. The molecule has 2 heterocycles. The van der Waals surface area contributed by atoms with Gasteiger partial charge in [-0.2, -0.15) is 10.2 Å². The predicted octanol–water partition coefficient (Wildman–Crippen LogP) is 3.81. The number of aromatic nitrogens is 4. The molecule has 0 saturated heterocycles. The molecular weight excluding hydrogens is 378 g/mol. The Hall–Kier alpha value is -2.10. The largest absolute Gasteiger partial charge is 0.350 e. The average Bonchev–Trinajstić information content (AvgIpc) is 3.11. The number of rotatable bonds is 7. The summed E-state index contributed by atoms with van der Waals surface area (Å²) in [6.45, 7) is 5.81. The van der Waals surface area contributed by atoms with Gasteiger partial charge in [0.05, 0.1) is 11.2 Å². The van der Waals surface area contributed by atoms with Crippen molar-refractivity contribution in [2.75, 3.05) is 0 Å². The molecular formula is C15H18ClF4N5O. The van der Waals surface area contributed by atoms with E-state index in [2.05, 4.69) is 15.5 Å². The van der Waals surface area contributed by atoms with E-state index in [0.717, 1.165) is 11.3 Å². The fourth-order valence-electron chi connectivity index (χ4n) is 2.49. The van der Waals surface area contributed by atoms with Crippen molar-refractivity contribution in [1.29, 1.82) is 0 Å². The molecule has 26 heavy (non-hydrogen) atoms. The van der Waals surface area contributed by atoms with Gasteiger partial charge in [-0.3, -0.25) is 9.48 Å². The number of nitrogens with one attached hydrogen (secondary N) is 1. The fraction of sp³-hybridized carbons (Fsp3) is 0.533. The SMILES string of the molecule is CCn1ncc(CNC(=O)C(C)n2nc(C(F)F)c(Cl)c2C(F)F)c1C. The molecule has 144 valence electrons. The monoisotopic (exact) mass is 395 g/mol. The van der Waals surface area contributed by atoms with Crippen molar-refractivity contribution in [3.8, 4) is 0 Å². The number of carbonyl (C=O) groups is 1. The lowest BCUT2D eigenvalue weighted by molar-refractivity contribution is -0.124. The third-order valence-corrected chi connectivity index (χ3v) is 4.42. The molecule has 11 heteroatoms. The summed E-state index contributed by atoms with van der Waals surface area (Å²) in [5, 5.41) is 9.30. The van der Waals surface area contributed by atoms with E-state index in [4.69, 9.17) is 11.6 Å². The summed E-state index contributed by atoms with van der Waals surface area (Å²) in [5.41, 5.74) is -0.259. The van der Waals surface area contributed by atoms with Crippen molar-refractivity contribution in [1.82, 2.24) is 24.9 Å². The van der Waals surface area contributed by atoms with Crippen molar-refractivity contribution in [2.24, 2.45) is 0 Å². The lowest BCUT2D eigenvalue weighted by Gasteiger charge is -2.15. The number of halogens is 5. The van der Waals surface area contributed by atoms with Crippen molar-refractivity contribution < 1.29 is 22.4 Å². The van der Waals surface area contributed by atoms with E-state index >= 15 is 0 Å². The molecule has 0 radical (unpaired) electrons. The number of alkyl halides is 4. The van der Waals surface area contributed by atoms with Gasteiger partial charge in [-0.25, -0.2) is 22.2 Å². The van der Waals surface area contributed by atoms with Gasteiger partial charge in [0.15, 0.2) is 0 Å². The van der Waals surface area contributed by atoms with E-state index in [9.17, 15) is 22.4 Å². The Kier molecular flexibility index (Phi) is 6.27. The third-order valence-electron chi connectivity index (χ3n) is 4.03. The Morgan fingerprint density at radius 1 is 1.31 bits per heavy atom. The average molecular weight is 396 g/mol. The fourth-order valence-corrected chi connectivity index (χ4v) is 2.78. The molecule has 0 aliphatic heterocycles. The van der Waals surface area contributed by atoms with Crippen LogP contribution in [0.5, 0.6) is 0 Å². The predicted molar refractivity (Wildman–Crippen MR) is 86.3 cm³/mol. The number of amides is 1. The summed E-state index contributed by atoms with van der Waals surface area (Å²) in [5.74, 6) is -0.657. The number of carbonyl (C=O) groups excluding carboxylic acids is 1. The minimum Gasteiger partial charge on any atom is -0.350 e. The number of aryl methyl sites for hydroxylation is 1. The summed E-state index contributed by atoms with van der Waals surface area (Å²) in [7, 11) is 0. The molecule has 0 aliphatic carbocycles. The maximum atomic E-state index is 13.2. The summed E-state index contributed by atoms with van der Waals surface area (Å²) < 4.78 is 54.5. The topological polar surface area (TPSA) is 64.7 Å². The minimum absolute atomic E-state index is 0.121. The lowest BCUT2D eigenvalue weighted by atomic mass is 10.2. The number of nitrogens with zero attached hydrogens (tertiary/aromatic N) is 4. The first-order valence-corrected chi connectivity index (χ1v) is 8.19. The highest BCUT2D eigenvalue weighted by molar-refractivity contribution is 6.32. The van der Waals surface area contributed by atoms with E-state index in [1.807, 2.05) is 13.8 Å². The van der Waals surface area contributed by atoms with Gasteiger partial charge < -0.3 is 5.32 Å². The normalized spacial score (nSPS) is 12.8. The number of hydrogen-bond donors (Lipinski definition) is 1. The van der Waals surface area contributed by atoms with Crippen LogP contribution in [0.3, 0.4) is 0 Å². The highest BCUT2D eigenvalue weighted by Crippen LogP contribution is 2.36. The van der Waals surface area contributed by atoms with Gasteiger partial charge in [0.2, 0.25) is 5.91 Å². The summed E-state index contributed by atoms with van der Waals surface area (Å²) in [4.78, 5) is 12.3.